The van der Waals surface area contributed by atoms with Crippen LogP contribution in [0.5, 0.6) is 5.75 Å². The Morgan fingerprint density at radius 1 is 1.43 bits per heavy atom. The predicted molar refractivity (Wildman–Crippen MR) is 84.8 cm³/mol. The number of ether oxygens (including phenoxy) is 1. The van der Waals surface area contributed by atoms with Crippen LogP contribution < -0.4 is 15.4 Å². The summed E-state index contributed by atoms with van der Waals surface area (Å²) in [6.07, 6.45) is 0. The largest absolute Gasteiger partial charge is 0.482 e. The highest BCUT2D eigenvalue weighted by atomic mass is 16.5. The van der Waals surface area contributed by atoms with Crippen molar-refractivity contribution in [1.29, 1.82) is 0 Å². The van der Waals surface area contributed by atoms with Crippen LogP contribution in [0.2, 0.25) is 0 Å². The van der Waals surface area contributed by atoms with Crippen LogP contribution in [0.25, 0.3) is 0 Å². The summed E-state index contributed by atoms with van der Waals surface area (Å²) in [5.41, 5.74) is 1.97. The highest BCUT2D eigenvalue weighted by Gasteiger charge is 2.22. The van der Waals surface area contributed by atoms with Crippen LogP contribution in [0.1, 0.15) is 32.4 Å². The molecule has 0 radical (unpaired) electrons. The van der Waals surface area contributed by atoms with E-state index in [0.29, 0.717) is 0 Å². The fraction of sp³-hybridized carbons (Fsp3) is 0.562. The molecule has 1 aromatic carbocycles. The van der Waals surface area contributed by atoms with Crippen LogP contribution in [0.4, 0.5) is 5.69 Å². The molecule has 0 bridgehead atoms. The van der Waals surface area contributed by atoms with Crippen molar-refractivity contribution in [1.82, 2.24) is 10.2 Å². The van der Waals surface area contributed by atoms with E-state index in [0.717, 1.165) is 23.5 Å². The van der Waals surface area contributed by atoms with Gasteiger partial charge in [-0.25, -0.2) is 0 Å². The van der Waals surface area contributed by atoms with Crippen molar-refractivity contribution in [2.75, 3.05) is 32.6 Å². The molecule has 1 unspecified atom stereocenters. The van der Waals surface area contributed by atoms with Crippen molar-refractivity contribution >= 4 is 11.6 Å². The monoisotopic (exact) mass is 291 g/mol. The molecule has 0 aromatic heterocycles. The Kier molecular flexibility index (Phi) is 4.54. The Hall–Kier alpha value is -1.59. The molecule has 1 atom stereocenters. The fourth-order valence-corrected chi connectivity index (χ4v) is 2.05. The number of hydrogen-bond acceptors (Lipinski definition) is 4. The van der Waals surface area contributed by atoms with Crippen molar-refractivity contribution in [2.24, 2.45) is 0 Å². The van der Waals surface area contributed by atoms with Crippen molar-refractivity contribution in [3.63, 3.8) is 0 Å². The van der Waals surface area contributed by atoms with Crippen LogP contribution >= 0.6 is 0 Å². The number of anilines is 1. The molecule has 1 aliphatic heterocycles. The normalized spacial score (nSPS) is 16.2. The summed E-state index contributed by atoms with van der Waals surface area (Å²) < 4.78 is 5.38. The number of benzene rings is 1. The van der Waals surface area contributed by atoms with Crippen LogP contribution in [0.3, 0.4) is 0 Å². The fourth-order valence-electron chi connectivity index (χ4n) is 2.05. The standard InChI is InChI=1S/C16H25N3O2/c1-11(17-10-16(2,3)19(4)5)12-6-7-14-13(8-12)18-15(20)9-21-14/h6-8,11,17H,9-10H2,1-5H3,(H,18,20). The topological polar surface area (TPSA) is 53.6 Å². The Labute approximate surface area is 126 Å². The van der Waals surface area contributed by atoms with Gasteiger partial charge in [0, 0.05) is 18.1 Å². The minimum absolute atomic E-state index is 0.0831. The lowest BCUT2D eigenvalue weighted by Crippen LogP contribution is -2.47. The Morgan fingerprint density at radius 3 is 2.81 bits per heavy atom. The molecule has 0 saturated heterocycles. The Bertz CT molecular complexity index is 526. The summed E-state index contributed by atoms with van der Waals surface area (Å²) >= 11 is 0. The van der Waals surface area contributed by atoms with Crippen molar-refractivity contribution in [2.45, 2.75) is 32.4 Å². The molecular weight excluding hydrogens is 266 g/mol. The van der Waals surface area contributed by atoms with Gasteiger partial charge >= 0.3 is 0 Å². The summed E-state index contributed by atoms with van der Waals surface area (Å²) in [6.45, 7) is 7.50. The third kappa shape index (κ3) is 3.74. The first-order valence-corrected chi connectivity index (χ1v) is 7.27. The van der Waals surface area contributed by atoms with Crippen molar-refractivity contribution in [3.8, 4) is 5.75 Å². The van der Waals surface area contributed by atoms with Crippen molar-refractivity contribution < 1.29 is 9.53 Å². The molecule has 21 heavy (non-hydrogen) atoms. The van der Waals surface area contributed by atoms with E-state index in [9.17, 15) is 4.79 Å². The summed E-state index contributed by atoms with van der Waals surface area (Å²) in [7, 11) is 4.16. The van der Waals surface area contributed by atoms with Crippen LogP contribution in [-0.4, -0.2) is 43.6 Å². The number of rotatable bonds is 5. The average molecular weight is 291 g/mol. The lowest BCUT2D eigenvalue weighted by Gasteiger charge is -2.34. The SMILES string of the molecule is CC(NCC(C)(C)N(C)C)c1ccc2c(c1)NC(=O)CO2. The number of likely N-dealkylation sites (N-methyl/N-ethyl adjacent to an activating group) is 1. The summed E-state index contributed by atoms with van der Waals surface area (Å²) in [5, 5.41) is 6.39. The van der Waals surface area contributed by atoms with E-state index in [1.165, 1.54) is 0 Å². The first-order valence-electron chi connectivity index (χ1n) is 7.27. The zero-order valence-electron chi connectivity index (χ0n) is 13.5. The van der Waals surface area contributed by atoms with Gasteiger partial charge in [-0.05, 0) is 52.6 Å². The maximum Gasteiger partial charge on any atom is 0.262 e. The van der Waals surface area contributed by atoms with Gasteiger partial charge in [0.15, 0.2) is 6.61 Å². The van der Waals surface area contributed by atoms with E-state index in [-0.39, 0.29) is 24.1 Å². The number of fused-ring (bicyclic) bond motifs is 1. The molecule has 0 spiro atoms. The van der Waals surface area contributed by atoms with E-state index in [2.05, 4.69) is 50.4 Å². The van der Waals surface area contributed by atoms with Crippen LogP contribution in [-0.2, 0) is 4.79 Å². The van der Waals surface area contributed by atoms with Crippen LogP contribution in [0, 0.1) is 0 Å². The second-order valence-corrected chi connectivity index (χ2v) is 6.40. The van der Waals surface area contributed by atoms with Gasteiger partial charge in [-0.3, -0.25) is 4.79 Å². The molecule has 0 fully saturated rings. The molecule has 5 heteroatoms. The highest BCUT2D eigenvalue weighted by molar-refractivity contribution is 5.95. The van der Waals surface area contributed by atoms with E-state index < -0.39 is 0 Å². The minimum atomic E-state index is -0.103. The minimum Gasteiger partial charge on any atom is -0.482 e. The average Bonchev–Trinajstić information content (AvgIpc) is 2.43. The molecule has 0 saturated carbocycles. The van der Waals surface area contributed by atoms with Gasteiger partial charge in [-0.1, -0.05) is 6.07 Å². The van der Waals surface area contributed by atoms with Crippen molar-refractivity contribution in [3.05, 3.63) is 23.8 Å². The number of carbonyl (C=O) groups is 1. The number of amides is 1. The zero-order valence-corrected chi connectivity index (χ0v) is 13.5. The molecule has 2 N–H and O–H groups in total. The number of nitrogens with zero attached hydrogens (tertiary/aromatic N) is 1. The molecule has 116 valence electrons. The van der Waals surface area contributed by atoms with Gasteiger partial charge in [0.25, 0.3) is 5.91 Å². The molecular formula is C16H25N3O2. The number of nitrogens with one attached hydrogen (secondary N) is 2. The molecule has 5 nitrogen and oxygen atoms in total. The van der Waals surface area contributed by atoms with E-state index >= 15 is 0 Å². The smallest absolute Gasteiger partial charge is 0.262 e. The lowest BCUT2D eigenvalue weighted by molar-refractivity contribution is -0.118. The molecule has 1 amide bonds. The maximum absolute atomic E-state index is 11.4. The molecule has 0 aliphatic carbocycles. The van der Waals surface area contributed by atoms with Gasteiger partial charge < -0.3 is 20.3 Å². The first kappa shape index (κ1) is 15.8. The van der Waals surface area contributed by atoms with Crippen LogP contribution in [0.15, 0.2) is 18.2 Å². The molecule has 1 aromatic rings. The highest BCUT2D eigenvalue weighted by Crippen LogP contribution is 2.30. The molecule has 1 aliphatic rings. The quantitative estimate of drug-likeness (QED) is 0.871. The third-order valence-electron chi connectivity index (χ3n) is 4.19. The van der Waals surface area contributed by atoms with Gasteiger partial charge in [0.1, 0.15) is 5.75 Å². The van der Waals surface area contributed by atoms with E-state index in [1.807, 2.05) is 18.2 Å². The van der Waals surface area contributed by atoms with Gasteiger partial charge in [-0.2, -0.15) is 0 Å². The Morgan fingerprint density at radius 2 is 2.14 bits per heavy atom. The summed E-state index contributed by atoms with van der Waals surface area (Å²) in [5.74, 6) is 0.633. The second-order valence-electron chi connectivity index (χ2n) is 6.40. The summed E-state index contributed by atoms with van der Waals surface area (Å²) in [6, 6.07) is 6.14. The molecule has 2 rings (SSSR count). The summed E-state index contributed by atoms with van der Waals surface area (Å²) in [4.78, 5) is 13.6. The predicted octanol–water partition coefficient (Wildman–Crippen LogP) is 2.01. The van der Waals surface area contributed by atoms with Gasteiger partial charge in [0.05, 0.1) is 5.69 Å². The Balaban J connectivity index is 2.05. The first-order chi connectivity index (χ1) is 9.79. The van der Waals surface area contributed by atoms with Gasteiger partial charge in [0.2, 0.25) is 0 Å². The number of hydrogen-bond donors (Lipinski definition) is 2. The maximum atomic E-state index is 11.4. The zero-order chi connectivity index (χ0) is 15.6. The lowest BCUT2D eigenvalue weighted by atomic mass is 10.0. The molecule has 1 heterocycles. The van der Waals surface area contributed by atoms with E-state index in [1.54, 1.807) is 0 Å². The number of carbonyl (C=O) groups excluding carboxylic acids is 1. The van der Waals surface area contributed by atoms with Gasteiger partial charge in [-0.15, -0.1) is 0 Å². The third-order valence-corrected chi connectivity index (χ3v) is 4.19. The van der Waals surface area contributed by atoms with E-state index in [4.69, 9.17) is 4.74 Å². The second kappa shape index (κ2) is 6.03.